The van der Waals surface area contributed by atoms with E-state index in [0.29, 0.717) is 18.5 Å². The van der Waals surface area contributed by atoms with E-state index in [2.05, 4.69) is 22.0 Å². The Balaban J connectivity index is 1.74. The zero-order valence-electron chi connectivity index (χ0n) is 13.2. The molecule has 1 saturated heterocycles. The molecule has 0 saturated carbocycles. The summed E-state index contributed by atoms with van der Waals surface area (Å²) in [5.74, 6) is -0.163. The molecule has 1 fully saturated rings. The molecule has 0 aliphatic carbocycles. The van der Waals surface area contributed by atoms with Crippen molar-refractivity contribution in [2.75, 3.05) is 52.2 Å². The van der Waals surface area contributed by atoms with E-state index in [1.807, 2.05) is 17.0 Å². The average Bonchev–Trinajstić information content (AvgIpc) is 2.55. The number of ether oxygens (including phenoxy) is 1. The Kier molecular flexibility index (Phi) is 5.77. The van der Waals surface area contributed by atoms with E-state index in [1.54, 1.807) is 12.1 Å². The molecule has 1 N–H and O–H groups in total. The molecule has 1 aliphatic rings. The molecule has 2 rings (SSSR count). The largest absolute Gasteiger partial charge is 0.465 e. The van der Waals surface area contributed by atoms with Gasteiger partial charge in [-0.05, 0) is 31.3 Å². The number of rotatable bonds is 5. The van der Waals surface area contributed by atoms with Crippen molar-refractivity contribution in [3.8, 4) is 0 Å². The minimum atomic E-state index is -0.350. The monoisotopic (exact) mass is 305 g/mol. The average molecular weight is 305 g/mol. The van der Waals surface area contributed by atoms with Gasteiger partial charge in [0.1, 0.15) is 0 Å². The molecule has 22 heavy (non-hydrogen) atoms. The Morgan fingerprint density at radius 2 is 1.77 bits per heavy atom. The van der Waals surface area contributed by atoms with Crippen molar-refractivity contribution < 1.29 is 14.3 Å². The Morgan fingerprint density at radius 1 is 1.14 bits per heavy atom. The first-order valence-electron chi connectivity index (χ1n) is 7.48. The van der Waals surface area contributed by atoms with Crippen LogP contribution < -0.4 is 5.32 Å². The van der Waals surface area contributed by atoms with E-state index in [0.717, 1.165) is 31.9 Å². The Labute approximate surface area is 131 Å². The second-order valence-electron chi connectivity index (χ2n) is 5.43. The SMILES string of the molecule is COC(=O)c1ccc(NCCC(=O)N2CCN(C)CC2)cc1. The maximum atomic E-state index is 12.1. The number of esters is 1. The highest BCUT2D eigenvalue weighted by molar-refractivity contribution is 5.89. The fraction of sp³-hybridized carbons (Fsp3) is 0.500. The molecule has 120 valence electrons. The summed E-state index contributed by atoms with van der Waals surface area (Å²) in [4.78, 5) is 27.6. The Hall–Kier alpha value is -2.08. The molecule has 1 aliphatic heterocycles. The number of amides is 1. The van der Waals surface area contributed by atoms with Gasteiger partial charge in [0.2, 0.25) is 5.91 Å². The lowest BCUT2D eigenvalue weighted by molar-refractivity contribution is -0.132. The van der Waals surface area contributed by atoms with E-state index in [1.165, 1.54) is 7.11 Å². The van der Waals surface area contributed by atoms with Gasteiger partial charge in [0.25, 0.3) is 0 Å². The molecular weight excluding hydrogens is 282 g/mol. The molecular formula is C16H23N3O3. The van der Waals surface area contributed by atoms with Gasteiger partial charge < -0.3 is 19.9 Å². The molecule has 0 unspecified atom stereocenters. The number of nitrogens with one attached hydrogen (secondary N) is 1. The van der Waals surface area contributed by atoms with Crippen molar-refractivity contribution in [2.45, 2.75) is 6.42 Å². The van der Waals surface area contributed by atoms with Gasteiger partial charge in [-0.25, -0.2) is 4.79 Å². The van der Waals surface area contributed by atoms with Crippen molar-refractivity contribution in [3.05, 3.63) is 29.8 Å². The number of hydrogen-bond acceptors (Lipinski definition) is 5. The topological polar surface area (TPSA) is 61.9 Å². The number of carbonyl (C=O) groups excluding carboxylic acids is 2. The Morgan fingerprint density at radius 3 is 2.36 bits per heavy atom. The molecule has 1 aromatic rings. The quantitative estimate of drug-likeness (QED) is 0.824. The van der Waals surface area contributed by atoms with E-state index < -0.39 is 0 Å². The maximum Gasteiger partial charge on any atom is 0.337 e. The maximum absolute atomic E-state index is 12.1. The smallest absolute Gasteiger partial charge is 0.337 e. The summed E-state index contributed by atoms with van der Waals surface area (Å²) < 4.78 is 4.65. The highest BCUT2D eigenvalue weighted by atomic mass is 16.5. The number of piperazine rings is 1. The van der Waals surface area contributed by atoms with Crippen molar-refractivity contribution in [1.82, 2.24) is 9.80 Å². The minimum absolute atomic E-state index is 0.187. The lowest BCUT2D eigenvalue weighted by Crippen LogP contribution is -2.47. The first kappa shape index (κ1) is 16.3. The third-order valence-electron chi connectivity index (χ3n) is 3.83. The molecule has 1 heterocycles. The van der Waals surface area contributed by atoms with E-state index >= 15 is 0 Å². The van der Waals surface area contributed by atoms with Crippen LogP contribution in [0.4, 0.5) is 5.69 Å². The number of hydrogen-bond donors (Lipinski definition) is 1. The highest BCUT2D eigenvalue weighted by Gasteiger charge is 2.18. The van der Waals surface area contributed by atoms with Crippen LogP contribution in [0.1, 0.15) is 16.8 Å². The van der Waals surface area contributed by atoms with E-state index in [9.17, 15) is 9.59 Å². The molecule has 0 spiro atoms. The van der Waals surface area contributed by atoms with Crippen LogP contribution in [0.15, 0.2) is 24.3 Å². The zero-order chi connectivity index (χ0) is 15.9. The summed E-state index contributed by atoms with van der Waals surface area (Å²) in [5.41, 5.74) is 1.40. The normalized spacial score (nSPS) is 15.5. The first-order valence-corrected chi connectivity index (χ1v) is 7.48. The molecule has 0 bridgehead atoms. The summed E-state index contributed by atoms with van der Waals surface area (Å²) in [6, 6.07) is 7.03. The van der Waals surface area contributed by atoms with Crippen molar-refractivity contribution in [3.63, 3.8) is 0 Å². The van der Waals surface area contributed by atoms with Crippen LogP contribution in [0.2, 0.25) is 0 Å². The van der Waals surface area contributed by atoms with Gasteiger partial charge in [-0.3, -0.25) is 4.79 Å². The van der Waals surface area contributed by atoms with Crippen molar-refractivity contribution >= 4 is 17.6 Å². The molecule has 0 atom stereocenters. The number of carbonyl (C=O) groups is 2. The summed E-state index contributed by atoms with van der Waals surface area (Å²) in [5, 5.41) is 3.20. The van der Waals surface area contributed by atoms with Crippen LogP contribution in [-0.2, 0) is 9.53 Å². The molecule has 1 amide bonds. The standard InChI is InChI=1S/C16H23N3O3/c1-18-9-11-19(12-10-18)15(20)7-8-17-14-5-3-13(4-6-14)16(21)22-2/h3-6,17H,7-12H2,1-2H3. The number of methoxy groups -OCH3 is 1. The van der Waals surface area contributed by atoms with E-state index in [-0.39, 0.29) is 11.9 Å². The summed E-state index contributed by atoms with van der Waals surface area (Å²) >= 11 is 0. The predicted molar refractivity (Wildman–Crippen MR) is 85.0 cm³/mol. The minimum Gasteiger partial charge on any atom is -0.465 e. The van der Waals surface area contributed by atoms with Gasteiger partial charge in [-0.1, -0.05) is 0 Å². The second-order valence-corrected chi connectivity index (χ2v) is 5.43. The van der Waals surface area contributed by atoms with Crippen LogP contribution >= 0.6 is 0 Å². The van der Waals surface area contributed by atoms with Crippen LogP contribution in [0.5, 0.6) is 0 Å². The zero-order valence-corrected chi connectivity index (χ0v) is 13.2. The fourth-order valence-electron chi connectivity index (χ4n) is 2.37. The first-order chi connectivity index (χ1) is 10.6. The van der Waals surface area contributed by atoms with Crippen LogP contribution in [0.3, 0.4) is 0 Å². The van der Waals surface area contributed by atoms with Crippen molar-refractivity contribution in [2.24, 2.45) is 0 Å². The summed E-state index contributed by atoms with van der Waals surface area (Å²) in [6.45, 7) is 4.08. The van der Waals surface area contributed by atoms with Crippen molar-refractivity contribution in [1.29, 1.82) is 0 Å². The lowest BCUT2D eigenvalue weighted by Gasteiger charge is -2.32. The third-order valence-corrected chi connectivity index (χ3v) is 3.83. The fourth-order valence-corrected chi connectivity index (χ4v) is 2.37. The van der Waals surface area contributed by atoms with Gasteiger partial charge in [0.05, 0.1) is 12.7 Å². The predicted octanol–water partition coefficient (Wildman–Crippen LogP) is 1.05. The molecule has 0 aromatic heterocycles. The van der Waals surface area contributed by atoms with E-state index in [4.69, 9.17) is 0 Å². The van der Waals surface area contributed by atoms with Gasteiger partial charge in [-0.2, -0.15) is 0 Å². The van der Waals surface area contributed by atoms with Gasteiger partial charge >= 0.3 is 5.97 Å². The number of likely N-dealkylation sites (N-methyl/N-ethyl adjacent to an activating group) is 1. The van der Waals surface area contributed by atoms with Crippen LogP contribution in [0.25, 0.3) is 0 Å². The van der Waals surface area contributed by atoms with Crippen LogP contribution in [-0.4, -0.2) is 68.6 Å². The number of nitrogens with zero attached hydrogens (tertiary/aromatic N) is 2. The molecule has 6 nitrogen and oxygen atoms in total. The second kappa shape index (κ2) is 7.79. The number of benzene rings is 1. The summed E-state index contributed by atoms with van der Waals surface area (Å²) in [7, 11) is 3.43. The summed E-state index contributed by atoms with van der Waals surface area (Å²) in [6.07, 6.45) is 0.475. The highest BCUT2D eigenvalue weighted by Crippen LogP contribution is 2.10. The van der Waals surface area contributed by atoms with Gasteiger partial charge in [-0.15, -0.1) is 0 Å². The molecule has 1 aromatic carbocycles. The lowest BCUT2D eigenvalue weighted by atomic mass is 10.2. The molecule has 0 radical (unpaired) electrons. The van der Waals surface area contributed by atoms with Gasteiger partial charge in [0, 0.05) is 44.8 Å². The van der Waals surface area contributed by atoms with Crippen LogP contribution in [0, 0.1) is 0 Å². The number of anilines is 1. The Bertz CT molecular complexity index is 508. The third kappa shape index (κ3) is 4.46. The van der Waals surface area contributed by atoms with Gasteiger partial charge in [0.15, 0.2) is 0 Å². The molecule has 6 heteroatoms.